The predicted octanol–water partition coefficient (Wildman–Crippen LogP) is 0.683. The van der Waals surface area contributed by atoms with Crippen LogP contribution in [-0.4, -0.2) is 18.6 Å². The first-order chi connectivity index (χ1) is 4.55. The van der Waals surface area contributed by atoms with Crippen LogP contribution in [0, 0.1) is 5.92 Å². The summed E-state index contributed by atoms with van der Waals surface area (Å²) in [6, 6.07) is -0.669. The molecule has 10 heavy (non-hydrogen) atoms. The van der Waals surface area contributed by atoms with E-state index in [1.807, 2.05) is 0 Å². The van der Waals surface area contributed by atoms with E-state index in [-0.39, 0.29) is 6.42 Å². The summed E-state index contributed by atoms with van der Waals surface area (Å²) in [5, 5.41) is 2.08. The maximum Gasteiger partial charge on any atom is 0.393 e. The standard InChI is InChI=1S/C5H6F3NO/c6-5(7,8)3-1-4(3)9-2-10/h2-4H,1H2,(H,9,10). The fourth-order valence-corrected chi connectivity index (χ4v) is 0.828. The third-order valence-electron chi connectivity index (χ3n) is 1.49. The number of amides is 1. The predicted molar refractivity (Wildman–Crippen MR) is 27.1 cm³/mol. The van der Waals surface area contributed by atoms with Crippen LogP contribution in [0.2, 0.25) is 0 Å². The van der Waals surface area contributed by atoms with E-state index in [4.69, 9.17) is 0 Å². The van der Waals surface area contributed by atoms with Gasteiger partial charge in [-0.3, -0.25) is 4.79 Å². The monoisotopic (exact) mass is 153 g/mol. The molecule has 2 unspecified atom stereocenters. The van der Waals surface area contributed by atoms with Crippen LogP contribution in [0.3, 0.4) is 0 Å². The molecule has 5 heteroatoms. The van der Waals surface area contributed by atoms with Crippen molar-refractivity contribution in [1.82, 2.24) is 5.32 Å². The van der Waals surface area contributed by atoms with Gasteiger partial charge in [0.1, 0.15) is 0 Å². The molecule has 1 aliphatic rings. The fraction of sp³-hybridized carbons (Fsp3) is 0.800. The van der Waals surface area contributed by atoms with E-state index in [2.05, 4.69) is 5.32 Å². The van der Waals surface area contributed by atoms with E-state index in [9.17, 15) is 18.0 Å². The van der Waals surface area contributed by atoms with Crippen molar-refractivity contribution in [3.05, 3.63) is 0 Å². The van der Waals surface area contributed by atoms with E-state index in [1.165, 1.54) is 0 Å². The molecule has 1 N–H and O–H groups in total. The zero-order chi connectivity index (χ0) is 7.78. The molecule has 0 saturated heterocycles. The average Bonchev–Trinajstić information content (AvgIpc) is 2.44. The fourth-order valence-electron chi connectivity index (χ4n) is 0.828. The van der Waals surface area contributed by atoms with Crippen molar-refractivity contribution < 1.29 is 18.0 Å². The van der Waals surface area contributed by atoms with Crippen LogP contribution in [0.1, 0.15) is 6.42 Å². The maximum absolute atomic E-state index is 11.7. The summed E-state index contributed by atoms with van der Waals surface area (Å²) in [4.78, 5) is 9.65. The zero-order valence-electron chi connectivity index (χ0n) is 4.98. The van der Waals surface area contributed by atoms with Crippen molar-refractivity contribution in [2.45, 2.75) is 18.6 Å². The largest absolute Gasteiger partial charge is 0.393 e. The first-order valence-corrected chi connectivity index (χ1v) is 2.82. The summed E-state index contributed by atoms with van der Waals surface area (Å²) in [5.74, 6) is -1.31. The minimum atomic E-state index is -4.14. The Morgan fingerprint density at radius 1 is 1.50 bits per heavy atom. The Morgan fingerprint density at radius 3 is 2.40 bits per heavy atom. The lowest BCUT2D eigenvalue weighted by molar-refractivity contribution is -0.149. The van der Waals surface area contributed by atoms with E-state index < -0.39 is 18.1 Å². The van der Waals surface area contributed by atoms with Crippen molar-refractivity contribution in [2.75, 3.05) is 0 Å². The molecule has 1 amide bonds. The minimum absolute atomic E-state index is 0.0300. The molecule has 2 atom stereocenters. The summed E-state index contributed by atoms with van der Waals surface area (Å²) in [6.07, 6.45) is -3.81. The van der Waals surface area contributed by atoms with Crippen molar-refractivity contribution in [2.24, 2.45) is 5.92 Å². The molecule has 58 valence electrons. The van der Waals surface area contributed by atoms with Gasteiger partial charge in [0, 0.05) is 6.04 Å². The third kappa shape index (κ3) is 1.40. The molecule has 0 spiro atoms. The highest BCUT2D eigenvalue weighted by molar-refractivity contribution is 5.47. The Balaban J connectivity index is 2.31. The van der Waals surface area contributed by atoms with Crippen LogP contribution in [0.25, 0.3) is 0 Å². The van der Waals surface area contributed by atoms with Crippen LogP contribution in [0.15, 0.2) is 0 Å². The van der Waals surface area contributed by atoms with E-state index in [0.29, 0.717) is 6.41 Å². The Morgan fingerprint density at radius 2 is 2.10 bits per heavy atom. The molecular weight excluding hydrogens is 147 g/mol. The van der Waals surface area contributed by atoms with Gasteiger partial charge in [-0.05, 0) is 6.42 Å². The lowest BCUT2D eigenvalue weighted by Gasteiger charge is -2.02. The van der Waals surface area contributed by atoms with Crippen LogP contribution >= 0.6 is 0 Å². The van der Waals surface area contributed by atoms with Gasteiger partial charge in [-0.1, -0.05) is 0 Å². The Labute approximate surface area is 55.4 Å². The normalized spacial score (nSPS) is 31.5. The first kappa shape index (κ1) is 7.37. The van der Waals surface area contributed by atoms with Gasteiger partial charge in [0.25, 0.3) is 0 Å². The van der Waals surface area contributed by atoms with E-state index >= 15 is 0 Å². The smallest absolute Gasteiger partial charge is 0.355 e. The molecule has 0 aromatic rings. The summed E-state index contributed by atoms with van der Waals surface area (Å²) in [5.41, 5.74) is 0. The van der Waals surface area contributed by atoms with E-state index in [0.717, 1.165) is 0 Å². The number of rotatable bonds is 2. The first-order valence-electron chi connectivity index (χ1n) is 2.82. The number of alkyl halides is 3. The summed E-state index contributed by atoms with van der Waals surface area (Å²) in [6.45, 7) is 0. The lowest BCUT2D eigenvalue weighted by atomic mass is 10.4. The number of carbonyl (C=O) groups excluding carboxylic acids is 1. The molecule has 0 bridgehead atoms. The molecule has 1 rings (SSSR count). The van der Waals surface area contributed by atoms with Crippen molar-refractivity contribution in [1.29, 1.82) is 0 Å². The van der Waals surface area contributed by atoms with Gasteiger partial charge in [0.2, 0.25) is 6.41 Å². The van der Waals surface area contributed by atoms with Crippen molar-refractivity contribution in [3.8, 4) is 0 Å². The number of hydrogen-bond acceptors (Lipinski definition) is 1. The Kier molecular flexibility index (Phi) is 1.58. The molecule has 0 radical (unpaired) electrons. The van der Waals surface area contributed by atoms with Crippen molar-refractivity contribution >= 4 is 6.41 Å². The summed E-state index contributed by atoms with van der Waals surface area (Å²) in [7, 11) is 0. The topological polar surface area (TPSA) is 29.1 Å². The molecule has 1 fully saturated rings. The van der Waals surface area contributed by atoms with Gasteiger partial charge in [-0.25, -0.2) is 0 Å². The minimum Gasteiger partial charge on any atom is -0.355 e. The number of hydrogen-bond donors (Lipinski definition) is 1. The van der Waals surface area contributed by atoms with Crippen LogP contribution in [0.4, 0.5) is 13.2 Å². The highest BCUT2D eigenvalue weighted by Crippen LogP contribution is 2.44. The quantitative estimate of drug-likeness (QED) is 0.581. The average molecular weight is 153 g/mol. The molecular formula is C5H6F3NO. The number of carbonyl (C=O) groups is 1. The molecule has 2 nitrogen and oxygen atoms in total. The van der Waals surface area contributed by atoms with Crippen LogP contribution in [0.5, 0.6) is 0 Å². The summed E-state index contributed by atoms with van der Waals surface area (Å²) >= 11 is 0. The van der Waals surface area contributed by atoms with Gasteiger partial charge in [-0.15, -0.1) is 0 Å². The van der Waals surface area contributed by atoms with Crippen LogP contribution in [-0.2, 0) is 4.79 Å². The molecule has 0 aliphatic heterocycles. The molecule has 0 aromatic heterocycles. The Hall–Kier alpha value is -0.740. The molecule has 1 saturated carbocycles. The highest BCUT2D eigenvalue weighted by Gasteiger charge is 2.55. The second kappa shape index (κ2) is 2.14. The van der Waals surface area contributed by atoms with Gasteiger partial charge in [0.05, 0.1) is 5.92 Å². The number of nitrogens with one attached hydrogen (secondary N) is 1. The molecule has 0 heterocycles. The second-order valence-corrected chi connectivity index (χ2v) is 2.27. The third-order valence-corrected chi connectivity index (χ3v) is 1.49. The SMILES string of the molecule is O=CNC1CC1C(F)(F)F. The van der Waals surface area contributed by atoms with Crippen LogP contribution < -0.4 is 5.32 Å². The van der Waals surface area contributed by atoms with Crippen molar-refractivity contribution in [3.63, 3.8) is 0 Å². The molecule has 1 aliphatic carbocycles. The molecule has 0 aromatic carbocycles. The highest BCUT2D eigenvalue weighted by atomic mass is 19.4. The Bertz CT molecular complexity index is 144. The van der Waals surface area contributed by atoms with Gasteiger partial charge in [0.15, 0.2) is 0 Å². The lowest BCUT2D eigenvalue weighted by Crippen LogP contribution is -2.22. The maximum atomic E-state index is 11.7. The second-order valence-electron chi connectivity index (χ2n) is 2.27. The van der Waals surface area contributed by atoms with Gasteiger partial charge >= 0.3 is 6.18 Å². The van der Waals surface area contributed by atoms with Gasteiger partial charge in [-0.2, -0.15) is 13.2 Å². The van der Waals surface area contributed by atoms with E-state index in [1.54, 1.807) is 0 Å². The zero-order valence-corrected chi connectivity index (χ0v) is 4.98. The van der Waals surface area contributed by atoms with Gasteiger partial charge < -0.3 is 5.32 Å². The summed E-state index contributed by atoms with van der Waals surface area (Å²) < 4.78 is 35.0. The number of halogens is 3.